The molecule has 1 fully saturated rings. The average Bonchev–Trinajstić information content (AvgIpc) is 2.31. The largest absolute Gasteiger partial charge is 0.465 e. The highest BCUT2D eigenvalue weighted by Gasteiger charge is 2.24. The smallest absolute Gasteiger partial charge is 0.306 e. The summed E-state index contributed by atoms with van der Waals surface area (Å²) in [6.07, 6.45) is 0.368. The third-order valence-corrected chi connectivity index (χ3v) is 1.46. The molecule has 1 aliphatic heterocycles. The van der Waals surface area contributed by atoms with Gasteiger partial charge in [0.15, 0.2) is 0 Å². The lowest BCUT2D eigenvalue weighted by atomic mass is 10.1. The number of esters is 2. The molecule has 0 unspecified atom stereocenters. The Bertz CT molecular complexity index is 175. The van der Waals surface area contributed by atoms with Crippen molar-refractivity contribution in [1.82, 2.24) is 0 Å². The van der Waals surface area contributed by atoms with E-state index in [2.05, 4.69) is 4.74 Å². The predicted molar refractivity (Wildman–Crippen MR) is 35.7 cm³/mol. The summed E-state index contributed by atoms with van der Waals surface area (Å²) in [7, 11) is 0. The van der Waals surface area contributed by atoms with E-state index in [-0.39, 0.29) is 17.9 Å². The van der Waals surface area contributed by atoms with Crippen molar-refractivity contribution < 1.29 is 19.1 Å². The molecule has 4 nitrogen and oxygen atoms in total. The second kappa shape index (κ2) is 3.37. The number of carbonyl (C=O) groups is 2. The van der Waals surface area contributed by atoms with E-state index in [0.29, 0.717) is 19.6 Å². The molecule has 1 rings (SSSR count). The van der Waals surface area contributed by atoms with Crippen LogP contribution in [0.2, 0.25) is 0 Å². The van der Waals surface area contributed by atoms with E-state index in [1.807, 2.05) is 0 Å². The lowest BCUT2D eigenvalue weighted by Crippen LogP contribution is -2.11. The van der Waals surface area contributed by atoms with Gasteiger partial charge in [-0.05, 0) is 0 Å². The third kappa shape index (κ3) is 2.57. The zero-order chi connectivity index (χ0) is 8.27. The van der Waals surface area contributed by atoms with E-state index in [9.17, 15) is 9.59 Å². The van der Waals surface area contributed by atoms with Gasteiger partial charge in [0.1, 0.15) is 0 Å². The molecule has 1 atom stereocenters. The molecule has 4 heteroatoms. The first kappa shape index (κ1) is 8.04. The summed E-state index contributed by atoms with van der Waals surface area (Å²) in [5.74, 6) is -0.460. The van der Waals surface area contributed by atoms with Crippen molar-refractivity contribution in [2.75, 3.05) is 13.2 Å². The molecule has 0 aromatic rings. The summed E-state index contributed by atoms with van der Waals surface area (Å²) in [4.78, 5) is 20.9. The summed E-state index contributed by atoms with van der Waals surface area (Å²) in [5, 5.41) is 0. The van der Waals surface area contributed by atoms with Crippen molar-refractivity contribution in [3.63, 3.8) is 0 Å². The Morgan fingerprint density at radius 3 is 3.00 bits per heavy atom. The predicted octanol–water partition coefficient (Wildman–Crippen LogP) is 0.113. The van der Waals surface area contributed by atoms with Crippen LogP contribution in [0.4, 0.5) is 0 Å². The van der Waals surface area contributed by atoms with E-state index in [0.717, 1.165) is 0 Å². The quantitative estimate of drug-likeness (QED) is 0.535. The highest BCUT2D eigenvalue weighted by molar-refractivity contribution is 5.71. The fraction of sp³-hybridized carbons (Fsp3) is 0.714. The monoisotopic (exact) mass is 158 g/mol. The van der Waals surface area contributed by atoms with E-state index in [4.69, 9.17) is 4.74 Å². The summed E-state index contributed by atoms with van der Waals surface area (Å²) in [6.45, 7) is 2.02. The van der Waals surface area contributed by atoms with Crippen LogP contribution in [0.15, 0.2) is 0 Å². The number of carbonyl (C=O) groups excluding carboxylic acids is 2. The Kier molecular flexibility index (Phi) is 2.46. The lowest BCUT2D eigenvalue weighted by Gasteiger charge is -2.04. The van der Waals surface area contributed by atoms with E-state index < -0.39 is 0 Å². The van der Waals surface area contributed by atoms with Crippen LogP contribution in [-0.2, 0) is 19.1 Å². The second-order valence-electron chi connectivity index (χ2n) is 2.56. The van der Waals surface area contributed by atoms with Gasteiger partial charge in [-0.15, -0.1) is 0 Å². The molecular formula is C7H10O4. The normalized spacial score (nSPS) is 23.0. The maximum atomic E-state index is 10.5. The highest BCUT2D eigenvalue weighted by Crippen LogP contribution is 2.13. The minimum atomic E-state index is -0.315. The van der Waals surface area contributed by atoms with Crippen LogP contribution in [0, 0.1) is 5.92 Å². The van der Waals surface area contributed by atoms with Crippen LogP contribution >= 0.6 is 0 Å². The van der Waals surface area contributed by atoms with Crippen LogP contribution in [-0.4, -0.2) is 25.2 Å². The zero-order valence-corrected chi connectivity index (χ0v) is 6.33. The fourth-order valence-electron chi connectivity index (χ4n) is 0.907. The van der Waals surface area contributed by atoms with Crippen molar-refractivity contribution in [1.29, 1.82) is 0 Å². The molecule has 11 heavy (non-hydrogen) atoms. The summed E-state index contributed by atoms with van der Waals surface area (Å²) in [5.41, 5.74) is 0. The first-order valence-electron chi connectivity index (χ1n) is 3.47. The minimum Gasteiger partial charge on any atom is -0.465 e. The van der Waals surface area contributed by atoms with Gasteiger partial charge >= 0.3 is 11.9 Å². The van der Waals surface area contributed by atoms with Crippen LogP contribution < -0.4 is 0 Å². The standard InChI is InChI=1S/C7H10O4/c1-5(8)10-3-6-2-7(9)11-4-6/h6H,2-4H2,1H3/t6-/m1/s1. The number of rotatable bonds is 2. The van der Waals surface area contributed by atoms with Gasteiger partial charge in [0.2, 0.25) is 0 Å². The molecule has 0 aliphatic carbocycles. The first-order chi connectivity index (χ1) is 5.18. The first-order valence-corrected chi connectivity index (χ1v) is 3.47. The SMILES string of the molecule is CC(=O)OC[C@@H]1COC(=O)C1. The van der Waals surface area contributed by atoms with Crippen molar-refractivity contribution in [2.45, 2.75) is 13.3 Å². The maximum absolute atomic E-state index is 10.5. The summed E-state index contributed by atoms with van der Waals surface area (Å²) >= 11 is 0. The Hall–Kier alpha value is -1.06. The van der Waals surface area contributed by atoms with Crippen LogP contribution in [0.1, 0.15) is 13.3 Å². The van der Waals surface area contributed by atoms with Gasteiger partial charge in [-0.2, -0.15) is 0 Å². The molecule has 0 saturated carbocycles. The van der Waals surface area contributed by atoms with Gasteiger partial charge in [0.05, 0.1) is 19.6 Å². The Balaban J connectivity index is 2.18. The average molecular weight is 158 g/mol. The molecule has 0 aromatic carbocycles. The molecular weight excluding hydrogens is 148 g/mol. The van der Waals surface area contributed by atoms with Crippen molar-refractivity contribution in [2.24, 2.45) is 5.92 Å². The van der Waals surface area contributed by atoms with E-state index >= 15 is 0 Å². The molecule has 0 bridgehead atoms. The number of ether oxygens (including phenoxy) is 2. The lowest BCUT2D eigenvalue weighted by molar-refractivity contribution is -0.142. The number of hydrogen-bond donors (Lipinski definition) is 0. The molecule has 0 radical (unpaired) electrons. The van der Waals surface area contributed by atoms with Gasteiger partial charge in [0, 0.05) is 12.8 Å². The molecule has 1 saturated heterocycles. The Morgan fingerprint density at radius 1 is 1.82 bits per heavy atom. The Morgan fingerprint density at radius 2 is 2.55 bits per heavy atom. The van der Waals surface area contributed by atoms with Crippen LogP contribution in [0.25, 0.3) is 0 Å². The molecule has 1 aliphatic rings. The fourth-order valence-corrected chi connectivity index (χ4v) is 0.907. The molecule has 0 spiro atoms. The number of hydrogen-bond acceptors (Lipinski definition) is 4. The van der Waals surface area contributed by atoms with Crippen molar-refractivity contribution >= 4 is 11.9 Å². The van der Waals surface area contributed by atoms with Crippen LogP contribution in [0.5, 0.6) is 0 Å². The van der Waals surface area contributed by atoms with Gasteiger partial charge in [-0.1, -0.05) is 0 Å². The van der Waals surface area contributed by atoms with Gasteiger partial charge < -0.3 is 9.47 Å². The van der Waals surface area contributed by atoms with Gasteiger partial charge in [0.25, 0.3) is 0 Å². The van der Waals surface area contributed by atoms with E-state index in [1.165, 1.54) is 6.92 Å². The minimum absolute atomic E-state index is 0.0615. The third-order valence-electron chi connectivity index (χ3n) is 1.46. The molecule has 0 amide bonds. The van der Waals surface area contributed by atoms with Crippen molar-refractivity contribution in [3.05, 3.63) is 0 Å². The maximum Gasteiger partial charge on any atom is 0.306 e. The van der Waals surface area contributed by atoms with E-state index in [1.54, 1.807) is 0 Å². The molecule has 0 N–H and O–H groups in total. The zero-order valence-electron chi connectivity index (χ0n) is 6.33. The summed E-state index contributed by atoms with van der Waals surface area (Å²) < 4.78 is 9.37. The highest BCUT2D eigenvalue weighted by atomic mass is 16.6. The van der Waals surface area contributed by atoms with Crippen molar-refractivity contribution in [3.8, 4) is 0 Å². The molecule has 1 heterocycles. The van der Waals surface area contributed by atoms with Crippen LogP contribution in [0.3, 0.4) is 0 Å². The molecule has 62 valence electrons. The second-order valence-corrected chi connectivity index (χ2v) is 2.56. The topological polar surface area (TPSA) is 52.6 Å². The molecule has 0 aromatic heterocycles. The Labute approximate surface area is 64.5 Å². The van der Waals surface area contributed by atoms with Gasteiger partial charge in [-0.25, -0.2) is 0 Å². The van der Waals surface area contributed by atoms with Gasteiger partial charge in [-0.3, -0.25) is 9.59 Å². The summed E-state index contributed by atoms with van der Waals surface area (Å²) in [6, 6.07) is 0. The number of cyclic esters (lactones) is 1.